The van der Waals surface area contributed by atoms with E-state index in [1.54, 1.807) is 32.5 Å². The average Bonchev–Trinajstić information content (AvgIpc) is 2.76. The molecule has 3 aromatic rings. The average molecular weight is 412 g/mol. The van der Waals surface area contributed by atoms with Crippen LogP contribution in [0.4, 0.5) is 20.4 Å². The molecule has 6 nitrogen and oxygen atoms in total. The molecule has 4 rings (SSSR count). The summed E-state index contributed by atoms with van der Waals surface area (Å²) < 4.78 is 38.0. The molecule has 1 aromatic heterocycles. The third kappa shape index (κ3) is 4.33. The second-order valence-electron chi connectivity index (χ2n) is 7.07. The Morgan fingerprint density at radius 2 is 1.87 bits per heavy atom. The summed E-state index contributed by atoms with van der Waals surface area (Å²) in [5.74, 6) is 0.199. The lowest BCUT2D eigenvalue weighted by atomic mass is 10.1. The van der Waals surface area contributed by atoms with Crippen LogP contribution in [-0.4, -0.2) is 35.6 Å². The van der Waals surface area contributed by atoms with Gasteiger partial charge in [-0.05, 0) is 6.07 Å². The van der Waals surface area contributed by atoms with Crippen molar-refractivity contribution in [1.29, 1.82) is 0 Å². The number of aromatic nitrogens is 2. The van der Waals surface area contributed by atoms with Crippen LogP contribution in [0.25, 0.3) is 0 Å². The highest BCUT2D eigenvalue weighted by molar-refractivity contribution is 5.59. The van der Waals surface area contributed by atoms with Gasteiger partial charge >= 0.3 is 0 Å². The lowest BCUT2D eigenvalue weighted by Crippen LogP contribution is -2.31. The Balaban J connectivity index is 1.47. The monoisotopic (exact) mass is 412 g/mol. The second-order valence-corrected chi connectivity index (χ2v) is 7.07. The number of nitrogens with one attached hydrogen (secondary N) is 1. The van der Waals surface area contributed by atoms with Gasteiger partial charge in [-0.15, -0.1) is 0 Å². The topological polar surface area (TPSA) is 59.5 Å². The van der Waals surface area contributed by atoms with Crippen molar-refractivity contribution in [2.45, 2.75) is 19.5 Å². The van der Waals surface area contributed by atoms with Crippen LogP contribution in [0.5, 0.6) is 11.5 Å². The molecule has 0 spiro atoms. The Hall–Kier alpha value is -3.26. The van der Waals surface area contributed by atoms with Gasteiger partial charge in [0.1, 0.15) is 11.5 Å². The minimum atomic E-state index is -0.821. The third-order valence-electron chi connectivity index (χ3n) is 5.05. The third-order valence-corrected chi connectivity index (χ3v) is 5.05. The van der Waals surface area contributed by atoms with E-state index in [4.69, 9.17) is 9.47 Å². The van der Waals surface area contributed by atoms with Crippen LogP contribution in [-0.2, 0) is 19.5 Å². The minimum Gasteiger partial charge on any atom is -0.497 e. The van der Waals surface area contributed by atoms with Gasteiger partial charge in [-0.25, -0.2) is 18.7 Å². The maximum Gasteiger partial charge on any atom is 0.227 e. The first-order chi connectivity index (χ1) is 14.6. The van der Waals surface area contributed by atoms with E-state index in [1.165, 1.54) is 6.07 Å². The number of hydrogen-bond donors (Lipinski definition) is 1. The molecule has 0 aliphatic carbocycles. The first-order valence-electron chi connectivity index (χ1n) is 9.56. The van der Waals surface area contributed by atoms with Gasteiger partial charge in [-0.3, -0.25) is 4.90 Å². The SMILES string of the molecule is COc1cc(Nc2ncc3c(n2)CCN(Cc2cccc(F)c2F)C3)cc(OC)c1. The van der Waals surface area contributed by atoms with E-state index < -0.39 is 11.6 Å². The molecule has 0 amide bonds. The first kappa shape index (κ1) is 20.0. The van der Waals surface area contributed by atoms with E-state index in [-0.39, 0.29) is 0 Å². The van der Waals surface area contributed by atoms with Crippen LogP contribution < -0.4 is 14.8 Å². The number of halogens is 2. The van der Waals surface area contributed by atoms with Crippen molar-refractivity contribution in [3.63, 3.8) is 0 Å². The Labute approximate surface area is 173 Å². The highest BCUT2D eigenvalue weighted by Crippen LogP contribution is 2.28. The number of benzene rings is 2. The normalized spacial score (nSPS) is 13.6. The molecule has 0 fully saturated rings. The summed E-state index contributed by atoms with van der Waals surface area (Å²) in [5.41, 5.74) is 3.03. The Morgan fingerprint density at radius 3 is 2.60 bits per heavy atom. The van der Waals surface area contributed by atoms with Crippen molar-refractivity contribution >= 4 is 11.6 Å². The van der Waals surface area contributed by atoms with E-state index >= 15 is 0 Å². The first-order valence-corrected chi connectivity index (χ1v) is 9.56. The number of rotatable bonds is 6. The number of ether oxygens (including phenoxy) is 2. The fraction of sp³-hybridized carbons (Fsp3) is 0.273. The standard InChI is InChI=1S/C22H22F2N4O2/c1-29-17-8-16(9-18(10-17)30-2)26-22-25-11-15-13-28(7-6-20(15)27-22)12-14-4-3-5-19(23)21(14)24/h3-5,8-11H,6-7,12-13H2,1-2H3,(H,25,26,27). The summed E-state index contributed by atoms with van der Waals surface area (Å²) in [4.78, 5) is 11.1. The molecule has 8 heteroatoms. The Bertz CT molecular complexity index is 1040. The van der Waals surface area contributed by atoms with Crippen molar-refractivity contribution in [3.05, 3.63) is 71.1 Å². The van der Waals surface area contributed by atoms with Crippen molar-refractivity contribution in [3.8, 4) is 11.5 Å². The minimum absolute atomic E-state index is 0.340. The summed E-state index contributed by atoms with van der Waals surface area (Å²) >= 11 is 0. The van der Waals surface area contributed by atoms with Crippen LogP contribution >= 0.6 is 0 Å². The van der Waals surface area contributed by atoms with Crippen LogP contribution in [0.2, 0.25) is 0 Å². The molecule has 0 bridgehead atoms. The zero-order valence-electron chi connectivity index (χ0n) is 16.8. The van der Waals surface area contributed by atoms with Crippen LogP contribution in [0.1, 0.15) is 16.8 Å². The molecule has 0 radical (unpaired) electrons. The van der Waals surface area contributed by atoms with Gasteiger partial charge < -0.3 is 14.8 Å². The predicted octanol–water partition coefficient (Wildman–Crippen LogP) is 4.07. The smallest absolute Gasteiger partial charge is 0.227 e. The molecular weight excluding hydrogens is 390 g/mol. The van der Waals surface area contributed by atoms with E-state index in [0.717, 1.165) is 23.0 Å². The lowest BCUT2D eigenvalue weighted by molar-refractivity contribution is 0.238. The largest absolute Gasteiger partial charge is 0.497 e. The zero-order valence-corrected chi connectivity index (χ0v) is 16.8. The Kier molecular flexibility index (Phi) is 5.76. The molecule has 0 saturated heterocycles. The molecule has 1 N–H and O–H groups in total. The van der Waals surface area contributed by atoms with Gasteiger partial charge in [0, 0.05) is 67.3 Å². The highest BCUT2D eigenvalue weighted by atomic mass is 19.2. The molecule has 1 aliphatic heterocycles. The molecule has 0 saturated carbocycles. The molecule has 30 heavy (non-hydrogen) atoms. The number of methoxy groups -OCH3 is 2. The van der Waals surface area contributed by atoms with Gasteiger partial charge in [-0.2, -0.15) is 0 Å². The lowest BCUT2D eigenvalue weighted by Gasteiger charge is -2.28. The zero-order chi connectivity index (χ0) is 21.1. The summed E-state index contributed by atoms with van der Waals surface area (Å²) in [6.45, 7) is 1.62. The van der Waals surface area contributed by atoms with E-state index in [2.05, 4.69) is 20.2 Å². The fourth-order valence-electron chi connectivity index (χ4n) is 3.49. The van der Waals surface area contributed by atoms with Crippen LogP contribution in [0.3, 0.4) is 0 Å². The quantitative estimate of drug-likeness (QED) is 0.659. The summed E-state index contributed by atoms with van der Waals surface area (Å²) in [5, 5.41) is 3.18. The molecule has 2 aromatic carbocycles. The number of fused-ring (bicyclic) bond motifs is 1. The van der Waals surface area contributed by atoms with Gasteiger partial charge in [0.2, 0.25) is 5.95 Å². The fourth-order valence-corrected chi connectivity index (χ4v) is 3.49. The molecule has 0 atom stereocenters. The number of anilines is 2. The van der Waals surface area contributed by atoms with Gasteiger partial charge in [0.25, 0.3) is 0 Å². The summed E-state index contributed by atoms with van der Waals surface area (Å²) in [7, 11) is 3.19. The summed E-state index contributed by atoms with van der Waals surface area (Å²) in [6, 6.07) is 9.72. The predicted molar refractivity (Wildman–Crippen MR) is 109 cm³/mol. The number of hydrogen-bond acceptors (Lipinski definition) is 6. The van der Waals surface area contributed by atoms with Crippen LogP contribution in [0, 0.1) is 11.6 Å². The number of nitrogens with zero attached hydrogens (tertiary/aromatic N) is 3. The van der Waals surface area contributed by atoms with Crippen LogP contribution in [0.15, 0.2) is 42.6 Å². The maximum absolute atomic E-state index is 14.0. The summed E-state index contributed by atoms with van der Waals surface area (Å²) in [6.07, 6.45) is 2.47. The van der Waals surface area contributed by atoms with E-state index in [9.17, 15) is 8.78 Å². The second kappa shape index (κ2) is 8.62. The molecular formula is C22H22F2N4O2. The molecule has 2 heterocycles. The van der Waals surface area contributed by atoms with Crippen molar-refractivity contribution < 1.29 is 18.3 Å². The van der Waals surface area contributed by atoms with Crippen molar-refractivity contribution in [2.75, 3.05) is 26.1 Å². The molecule has 1 aliphatic rings. The van der Waals surface area contributed by atoms with Gasteiger partial charge in [0.15, 0.2) is 11.6 Å². The van der Waals surface area contributed by atoms with Crippen molar-refractivity contribution in [1.82, 2.24) is 14.9 Å². The van der Waals surface area contributed by atoms with E-state index in [1.807, 2.05) is 12.1 Å². The maximum atomic E-state index is 14.0. The van der Waals surface area contributed by atoms with Gasteiger partial charge in [-0.1, -0.05) is 12.1 Å². The van der Waals surface area contributed by atoms with Crippen molar-refractivity contribution in [2.24, 2.45) is 0 Å². The highest BCUT2D eigenvalue weighted by Gasteiger charge is 2.20. The molecule has 0 unspecified atom stereocenters. The van der Waals surface area contributed by atoms with E-state index in [0.29, 0.717) is 49.1 Å². The van der Waals surface area contributed by atoms with Gasteiger partial charge in [0.05, 0.1) is 19.9 Å². The Morgan fingerprint density at radius 1 is 1.10 bits per heavy atom. The molecule has 156 valence electrons.